The summed E-state index contributed by atoms with van der Waals surface area (Å²) in [6.07, 6.45) is 1.65. The van der Waals surface area contributed by atoms with Crippen LogP contribution in [0.1, 0.15) is 19.4 Å². The number of rotatable bonds is 5. The maximum atomic E-state index is 5.83. The Kier molecular flexibility index (Phi) is 4.37. The first-order valence-electron chi connectivity index (χ1n) is 5.10. The highest BCUT2D eigenvalue weighted by molar-refractivity contribution is 5.53. The lowest BCUT2D eigenvalue weighted by Crippen LogP contribution is -2.20. The molecule has 1 heterocycles. The molecule has 0 radical (unpaired) electrons. The van der Waals surface area contributed by atoms with Gasteiger partial charge in [-0.1, -0.05) is 0 Å². The number of nitrogens with zero attached hydrogens (tertiary/aromatic N) is 1. The van der Waals surface area contributed by atoms with Crippen LogP contribution < -0.4 is 10.5 Å². The van der Waals surface area contributed by atoms with E-state index in [2.05, 4.69) is 4.98 Å². The highest BCUT2D eigenvalue weighted by Crippen LogP contribution is 2.22. The van der Waals surface area contributed by atoms with Crippen LogP contribution in [0.2, 0.25) is 0 Å². The maximum absolute atomic E-state index is 5.83. The van der Waals surface area contributed by atoms with E-state index >= 15 is 0 Å². The minimum atomic E-state index is -0.0402. The molecule has 0 fully saturated rings. The quantitative estimate of drug-likeness (QED) is 0.804. The summed E-state index contributed by atoms with van der Waals surface area (Å²) in [5.41, 5.74) is 7.40. The molecule has 0 saturated heterocycles. The first-order valence-corrected chi connectivity index (χ1v) is 5.10. The number of aryl methyl sites for hydroxylation is 1. The van der Waals surface area contributed by atoms with Crippen molar-refractivity contribution in [2.45, 2.75) is 26.9 Å². The third-order valence-corrected chi connectivity index (χ3v) is 2.04. The molecule has 0 spiro atoms. The monoisotopic (exact) mass is 210 g/mol. The van der Waals surface area contributed by atoms with E-state index in [1.54, 1.807) is 6.20 Å². The Labute approximate surface area is 90.4 Å². The molecule has 2 N–H and O–H groups in total. The van der Waals surface area contributed by atoms with Gasteiger partial charge in [-0.05, 0) is 32.4 Å². The predicted octanol–water partition coefficient (Wildman–Crippen LogP) is 1.78. The lowest BCUT2D eigenvalue weighted by molar-refractivity contribution is 0.0637. The van der Waals surface area contributed by atoms with Crippen molar-refractivity contribution in [1.29, 1.82) is 0 Å². The summed E-state index contributed by atoms with van der Waals surface area (Å²) in [6.45, 7) is 7.04. The fourth-order valence-electron chi connectivity index (χ4n) is 1.15. The van der Waals surface area contributed by atoms with Gasteiger partial charge in [0.15, 0.2) is 0 Å². The van der Waals surface area contributed by atoms with Crippen LogP contribution in [-0.2, 0) is 4.74 Å². The molecule has 1 rings (SSSR count). The molecule has 0 saturated carbocycles. The van der Waals surface area contributed by atoms with Gasteiger partial charge in [0.25, 0.3) is 0 Å². The van der Waals surface area contributed by atoms with E-state index in [0.717, 1.165) is 5.56 Å². The molecule has 0 bridgehead atoms. The highest BCUT2D eigenvalue weighted by Gasteiger charge is 2.09. The lowest BCUT2D eigenvalue weighted by atomic mass is 10.2. The second-order valence-electron chi connectivity index (χ2n) is 3.43. The van der Waals surface area contributed by atoms with Crippen molar-refractivity contribution in [2.24, 2.45) is 0 Å². The van der Waals surface area contributed by atoms with Crippen LogP contribution in [0.3, 0.4) is 0 Å². The van der Waals surface area contributed by atoms with Crippen molar-refractivity contribution in [3.63, 3.8) is 0 Å². The van der Waals surface area contributed by atoms with E-state index in [9.17, 15) is 0 Å². The zero-order chi connectivity index (χ0) is 11.3. The normalized spacial score (nSPS) is 12.5. The van der Waals surface area contributed by atoms with Crippen LogP contribution >= 0.6 is 0 Å². The van der Waals surface area contributed by atoms with Crippen LogP contribution in [0.5, 0.6) is 5.88 Å². The van der Waals surface area contributed by atoms with Gasteiger partial charge in [-0.2, -0.15) is 0 Å². The minimum Gasteiger partial charge on any atom is -0.471 e. The Hall–Kier alpha value is -1.29. The van der Waals surface area contributed by atoms with Gasteiger partial charge in [-0.3, -0.25) is 0 Å². The molecule has 1 aromatic rings. The second kappa shape index (κ2) is 5.56. The number of nitrogens with two attached hydrogens (primary N) is 1. The van der Waals surface area contributed by atoms with Crippen molar-refractivity contribution in [3.8, 4) is 5.88 Å². The van der Waals surface area contributed by atoms with E-state index < -0.39 is 0 Å². The summed E-state index contributed by atoms with van der Waals surface area (Å²) in [6, 6.07) is 1.86. The number of aromatic nitrogens is 1. The van der Waals surface area contributed by atoms with Crippen LogP contribution in [0, 0.1) is 6.92 Å². The Bertz CT molecular complexity index is 315. The Morgan fingerprint density at radius 3 is 2.93 bits per heavy atom. The summed E-state index contributed by atoms with van der Waals surface area (Å²) < 4.78 is 10.8. The molecule has 1 aromatic heterocycles. The summed E-state index contributed by atoms with van der Waals surface area (Å²) in [5.74, 6) is 0.488. The van der Waals surface area contributed by atoms with Gasteiger partial charge in [0.2, 0.25) is 5.88 Å². The number of ether oxygens (including phenoxy) is 2. The van der Waals surface area contributed by atoms with Crippen LogP contribution in [0.15, 0.2) is 12.3 Å². The molecular formula is C11H18N2O2. The van der Waals surface area contributed by atoms with Crippen molar-refractivity contribution >= 4 is 5.69 Å². The summed E-state index contributed by atoms with van der Waals surface area (Å²) in [4.78, 5) is 4.08. The minimum absolute atomic E-state index is 0.0402. The smallest absolute Gasteiger partial charge is 0.237 e. The highest BCUT2D eigenvalue weighted by atomic mass is 16.5. The number of hydrogen-bond donors (Lipinski definition) is 1. The molecule has 1 atom stereocenters. The molecule has 0 aromatic carbocycles. The molecule has 0 aliphatic carbocycles. The first-order chi connectivity index (χ1) is 7.15. The zero-order valence-electron chi connectivity index (χ0n) is 9.49. The fraction of sp³-hybridized carbons (Fsp3) is 0.545. The topological polar surface area (TPSA) is 57.4 Å². The number of anilines is 1. The predicted molar refractivity (Wildman–Crippen MR) is 60.0 cm³/mol. The van der Waals surface area contributed by atoms with Crippen molar-refractivity contribution < 1.29 is 9.47 Å². The molecule has 4 nitrogen and oxygen atoms in total. The lowest BCUT2D eigenvalue weighted by Gasteiger charge is -2.15. The van der Waals surface area contributed by atoms with Crippen molar-refractivity contribution in [1.82, 2.24) is 4.98 Å². The average molecular weight is 210 g/mol. The van der Waals surface area contributed by atoms with Crippen molar-refractivity contribution in [3.05, 3.63) is 17.8 Å². The second-order valence-corrected chi connectivity index (χ2v) is 3.43. The Morgan fingerprint density at radius 2 is 2.27 bits per heavy atom. The molecule has 0 amide bonds. The van der Waals surface area contributed by atoms with E-state index in [4.69, 9.17) is 15.2 Å². The summed E-state index contributed by atoms with van der Waals surface area (Å²) >= 11 is 0. The van der Waals surface area contributed by atoms with Gasteiger partial charge in [-0.25, -0.2) is 4.98 Å². The van der Waals surface area contributed by atoms with Gasteiger partial charge < -0.3 is 15.2 Å². The first kappa shape index (κ1) is 11.8. The zero-order valence-corrected chi connectivity index (χ0v) is 9.49. The average Bonchev–Trinajstić information content (AvgIpc) is 2.22. The van der Waals surface area contributed by atoms with Crippen LogP contribution in [-0.4, -0.2) is 24.3 Å². The third-order valence-electron chi connectivity index (χ3n) is 2.04. The largest absolute Gasteiger partial charge is 0.471 e. The van der Waals surface area contributed by atoms with Gasteiger partial charge >= 0.3 is 0 Å². The van der Waals surface area contributed by atoms with Gasteiger partial charge in [-0.15, -0.1) is 0 Å². The number of pyridine rings is 1. The molecule has 4 heteroatoms. The van der Waals surface area contributed by atoms with Crippen molar-refractivity contribution in [2.75, 3.05) is 18.9 Å². The van der Waals surface area contributed by atoms with E-state index in [-0.39, 0.29) is 6.10 Å². The van der Waals surface area contributed by atoms with Crippen LogP contribution in [0.4, 0.5) is 5.69 Å². The maximum Gasteiger partial charge on any atom is 0.237 e. The summed E-state index contributed by atoms with van der Waals surface area (Å²) in [7, 11) is 0. The summed E-state index contributed by atoms with van der Waals surface area (Å²) in [5, 5.41) is 0. The fourth-order valence-corrected chi connectivity index (χ4v) is 1.15. The number of nitrogen functional groups attached to an aromatic ring is 1. The molecule has 0 aliphatic rings. The molecule has 15 heavy (non-hydrogen) atoms. The van der Waals surface area contributed by atoms with E-state index in [1.807, 2.05) is 26.8 Å². The Balaban J connectivity index is 2.60. The Morgan fingerprint density at radius 1 is 1.53 bits per heavy atom. The standard InChI is InChI=1S/C11H18N2O2/c1-4-14-7-9(3)15-11-10(12)8(2)5-6-13-11/h5-6,9H,4,7,12H2,1-3H3. The van der Waals surface area contributed by atoms with Gasteiger partial charge in [0, 0.05) is 12.8 Å². The van der Waals surface area contributed by atoms with Gasteiger partial charge in [0.1, 0.15) is 6.10 Å². The third kappa shape index (κ3) is 3.40. The van der Waals surface area contributed by atoms with Crippen LogP contribution in [0.25, 0.3) is 0 Å². The molecule has 1 unspecified atom stereocenters. The number of hydrogen-bond acceptors (Lipinski definition) is 4. The molecule has 0 aliphatic heterocycles. The van der Waals surface area contributed by atoms with E-state index in [0.29, 0.717) is 24.8 Å². The van der Waals surface area contributed by atoms with E-state index in [1.165, 1.54) is 0 Å². The van der Waals surface area contributed by atoms with Gasteiger partial charge in [0.05, 0.1) is 12.3 Å². The SMILES string of the molecule is CCOCC(C)Oc1nccc(C)c1N. The molecule has 84 valence electrons. The molecular weight excluding hydrogens is 192 g/mol.